The molecule has 1 atom stereocenters. The molecule has 0 rings (SSSR count). The third kappa shape index (κ3) is 10.7. The molecule has 0 aliphatic carbocycles. The van der Waals surface area contributed by atoms with Crippen LogP contribution in [0.25, 0.3) is 0 Å². The van der Waals surface area contributed by atoms with Crippen LogP contribution in [0.15, 0.2) is 0 Å². The summed E-state index contributed by atoms with van der Waals surface area (Å²) in [7, 11) is 0. The Bertz CT molecular complexity index is 32.1. The van der Waals surface area contributed by atoms with Crippen LogP contribution in [-0.4, -0.2) is 23.4 Å². The van der Waals surface area contributed by atoms with Gasteiger partial charge in [0.15, 0.2) is 0 Å². The number of nitrogens with one attached hydrogen (secondary N) is 1. The molecular weight excluding hydrogens is 98.0 g/mol. The van der Waals surface area contributed by atoms with Crippen LogP contribution in [0.3, 0.4) is 0 Å². The monoisotopic (exact) mass is 109 g/mol. The van der Waals surface area contributed by atoms with E-state index in [0.717, 1.165) is 0 Å². The number of hydrogen-bond acceptors (Lipinski definition) is 4. The molecule has 0 bridgehead atoms. The first-order valence-corrected chi connectivity index (χ1v) is 1.64. The van der Waals surface area contributed by atoms with Gasteiger partial charge in [0.2, 0.25) is 0 Å². The van der Waals surface area contributed by atoms with E-state index in [1.165, 1.54) is 0 Å². The Balaban J connectivity index is 0. The molecule has 0 fully saturated rings. The van der Waals surface area contributed by atoms with Crippen molar-refractivity contribution in [2.45, 2.75) is 6.23 Å². The van der Waals surface area contributed by atoms with Crippen LogP contribution in [-0.2, 0) is 0 Å². The van der Waals surface area contributed by atoms with E-state index in [1.807, 2.05) is 0 Å². The summed E-state index contributed by atoms with van der Waals surface area (Å²) in [6.45, 7) is 0.236. The van der Waals surface area contributed by atoms with Gasteiger partial charge < -0.3 is 16.3 Å². The van der Waals surface area contributed by atoms with Crippen molar-refractivity contribution in [2.75, 3.05) is 6.54 Å². The van der Waals surface area contributed by atoms with E-state index in [1.54, 1.807) is 0 Å². The van der Waals surface area contributed by atoms with Crippen LogP contribution >= 0.6 is 0 Å². The van der Waals surface area contributed by atoms with Crippen LogP contribution in [0, 0.1) is 0 Å². The molecule has 0 spiro atoms. The molecule has 0 saturated carbocycles. The third-order valence-corrected chi connectivity index (χ3v) is 0.327. The summed E-state index contributed by atoms with van der Waals surface area (Å²) in [5.41, 5.74) is 7.01. The predicted molar refractivity (Wildman–Crippen MR) is 26.0 cm³/mol. The Morgan fingerprint density at radius 2 is 2.14 bits per heavy atom. The molecule has 0 aromatic rings. The third-order valence-electron chi connectivity index (χ3n) is 0.327. The predicted octanol–water partition coefficient (Wildman–Crippen LogP) is -3.10. The largest absolute Gasteiger partial charge is 0.412 e. The van der Waals surface area contributed by atoms with Crippen molar-refractivity contribution < 1.29 is 10.6 Å². The number of aliphatic hydroxyl groups is 1. The summed E-state index contributed by atoms with van der Waals surface area (Å²) in [5, 5.41) is 8.19. The maximum atomic E-state index is 8.19. The summed E-state index contributed by atoms with van der Waals surface area (Å²) in [6, 6.07) is 0. The zero-order valence-corrected chi connectivity index (χ0v) is 3.89. The Kier molecular flexibility index (Phi) is 8.23. The first-order chi connectivity index (χ1) is 2.77. The molecule has 1 unspecified atom stereocenters. The van der Waals surface area contributed by atoms with Crippen molar-refractivity contribution in [2.24, 2.45) is 11.6 Å². The number of hydrazine groups is 1. The van der Waals surface area contributed by atoms with Gasteiger partial charge in [0.05, 0.1) is 0 Å². The summed E-state index contributed by atoms with van der Waals surface area (Å²) >= 11 is 0. The highest BCUT2D eigenvalue weighted by molar-refractivity contribution is 4.40. The highest BCUT2D eigenvalue weighted by Gasteiger charge is 1.86. The molecule has 5 nitrogen and oxygen atoms in total. The van der Waals surface area contributed by atoms with Gasteiger partial charge in [-0.2, -0.15) is 0 Å². The smallest absolute Gasteiger partial charge is 0.116 e. The molecule has 0 aromatic heterocycles. The molecule has 8 N–H and O–H groups in total. The minimum atomic E-state index is -0.838. The van der Waals surface area contributed by atoms with Crippen LogP contribution < -0.4 is 17.0 Å². The topological polar surface area (TPSA) is 116 Å². The second-order valence-corrected chi connectivity index (χ2v) is 0.976. The van der Waals surface area contributed by atoms with E-state index in [0.29, 0.717) is 0 Å². The molecule has 0 aromatic carbocycles. The van der Waals surface area contributed by atoms with Crippen molar-refractivity contribution >= 4 is 0 Å². The molecule has 5 heteroatoms. The SMILES string of the molecule is NNCC(N)O.O. The van der Waals surface area contributed by atoms with E-state index in [4.69, 9.17) is 16.7 Å². The maximum absolute atomic E-state index is 8.19. The van der Waals surface area contributed by atoms with Gasteiger partial charge in [-0.05, 0) is 0 Å². The minimum absolute atomic E-state index is 0. The summed E-state index contributed by atoms with van der Waals surface area (Å²) in [6.07, 6.45) is -0.838. The van der Waals surface area contributed by atoms with Crippen LogP contribution in [0.5, 0.6) is 0 Å². The van der Waals surface area contributed by atoms with Crippen molar-refractivity contribution in [1.29, 1.82) is 0 Å². The Labute approximate surface area is 41.6 Å². The van der Waals surface area contributed by atoms with E-state index in [2.05, 4.69) is 5.43 Å². The lowest BCUT2D eigenvalue weighted by atomic mass is 10.6. The van der Waals surface area contributed by atoms with Crippen LogP contribution in [0.1, 0.15) is 0 Å². The van der Waals surface area contributed by atoms with E-state index >= 15 is 0 Å². The van der Waals surface area contributed by atoms with Crippen molar-refractivity contribution in [1.82, 2.24) is 5.43 Å². The lowest BCUT2D eigenvalue weighted by molar-refractivity contribution is 0.179. The van der Waals surface area contributed by atoms with Crippen LogP contribution in [0.2, 0.25) is 0 Å². The number of hydrogen-bond donors (Lipinski definition) is 4. The zero-order valence-electron chi connectivity index (χ0n) is 3.89. The highest BCUT2D eigenvalue weighted by atomic mass is 16.3. The zero-order chi connectivity index (χ0) is 4.99. The van der Waals surface area contributed by atoms with Gasteiger partial charge in [-0.3, -0.25) is 11.3 Å². The van der Waals surface area contributed by atoms with Gasteiger partial charge >= 0.3 is 0 Å². The van der Waals surface area contributed by atoms with E-state index in [9.17, 15) is 0 Å². The Morgan fingerprint density at radius 1 is 1.71 bits per heavy atom. The van der Waals surface area contributed by atoms with Gasteiger partial charge in [-0.15, -0.1) is 0 Å². The lowest BCUT2D eigenvalue weighted by Crippen LogP contribution is -2.36. The quantitative estimate of drug-likeness (QED) is 0.171. The second-order valence-electron chi connectivity index (χ2n) is 0.976. The molecule has 0 heterocycles. The molecule has 0 radical (unpaired) electrons. The average molecular weight is 109 g/mol. The molecule has 0 amide bonds. The molecule has 0 aliphatic rings. The van der Waals surface area contributed by atoms with Gasteiger partial charge in [0.25, 0.3) is 0 Å². The van der Waals surface area contributed by atoms with E-state index in [-0.39, 0.29) is 12.0 Å². The van der Waals surface area contributed by atoms with Gasteiger partial charge in [-0.25, -0.2) is 0 Å². The standard InChI is InChI=1S/C2H9N3O.H2O/c3-2(6)1-5-4;/h2,5-6H,1,3-4H2;1H2. The fourth-order valence-corrected chi connectivity index (χ4v) is 0.121. The maximum Gasteiger partial charge on any atom is 0.116 e. The van der Waals surface area contributed by atoms with Gasteiger partial charge in [0.1, 0.15) is 6.23 Å². The molecule has 0 saturated heterocycles. The molecule has 46 valence electrons. The minimum Gasteiger partial charge on any atom is -0.412 e. The molecular formula is C2H11N3O2. The second kappa shape index (κ2) is 5.80. The van der Waals surface area contributed by atoms with Crippen LogP contribution in [0.4, 0.5) is 0 Å². The molecule has 7 heavy (non-hydrogen) atoms. The number of aliphatic hydroxyl groups excluding tert-OH is 1. The number of nitrogens with two attached hydrogens (primary N) is 2. The van der Waals surface area contributed by atoms with Crippen molar-refractivity contribution in [3.05, 3.63) is 0 Å². The summed E-state index contributed by atoms with van der Waals surface area (Å²) < 4.78 is 0. The highest BCUT2D eigenvalue weighted by Crippen LogP contribution is 1.55. The first-order valence-electron chi connectivity index (χ1n) is 1.64. The van der Waals surface area contributed by atoms with Gasteiger partial charge in [-0.1, -0.05) is 0 Å². The Hall–Kier alpha value is -0.200. The summed E-state index contributed by atoms with van der Waals surface area (Å²) in [4.78, 5) is 0. The fourth-order valence-electron chi connectivity index (χ4n) is 0.121. The van der Waals surface area contributed by atoms with Crippen molar-refractivity contribution in [3.63, 3.8) is 0 Å². The normalized spacial score (nSPS) is 12.4. The Morgan fingerprint density at radius 3 is 2.14 bits per heavy atom. The molecule has 0 aliphatic heterocycles. The average Bonchev–Trinajstić information content (AvgIpc) is 1.35. The van der Waals surface area contributed by atoms with Crippen molar-refractivity contribution in [3.8, 4) is 0 Å². The summed E-state index contributed by atoms with van der Waals surface area (Å²) in [5.74, 6) is 4.74. The van der Waals surface area contributed by atoms with Gasteiger partial charge in [0, 0.05) is 6.54 Å². The number of rotatable bonds is 2. The first kappa shape index (κ1) is 9.93. The lowest BCUT2D eigenvalue weighted by Gasteiger charge is -1.98. The fraction of sp³-hybridized carbons (Fsp3) is 1.00. The van der Waals surface area contributed by atoms with E-state index < -0.39 is 6.23 Å².